The number of carbonyl (C=O) groups is 1. The van der Waals surface area contributed by atoms with Crippen molar-refractivity contribution in [2.45, 2.75) is 83.5 Å². The van der Waals surface area contributed by atoms with Crippen molar-refractivity contribution in [2.75, 3.05) is 60.0 Å². The molecule has 0 aromatic carbocycles. The van der Waals surface area contributed by atoms with Crippen LogP contribution in [0.1, 0.15) is 66.2 Å². The van der Waals surface area contributed by atoms with Crippen molar-refractivity contribution in [3.8, 4) is 0 Å². The van der Waals surface area contributed by atoms with Crippen LogP contribution in [0, 0.1) is 11.8 Å². The SMILES string of the molecule is CCCCCC1=CC2OC(C)(C)C3CCC(C)=CC3(N)C2C(OC(=O)OCCOCCOCCOCCOC)=C1. The molecule has 0 saturated carbocycles. The van der Waals surface area contributed by atoms with Gasteiger partial charge in [-0.05, 0) is 58.1 Å². The van der Waals surface area contributed by atoms with Crippen molar-refractivity contribution in [3.63, 3.8) is 0 Å². The standard InChI is InChI=1S/C31H51NO8/c1-6-7-8-9-24-20-25(39-29(33)38-19-18-37-17-16-36-15-14-35-13-12-34-5)28-26(21-24)40-30(3,4)27-11-10-23(2)22-31(27,28)32/h20-22,26-28H,6-19,32H2,1-5H3. The Labute approximate surface area is 240 Å². The van der Waals surface area contributed by atoms with Gasteiger partial charge < -0.3 is 38.9 Å². The van der Waals surface area contributed by atoms with Crippen LogP contribution >= 0.6 is 0 Å². The molecule has 2 aliphatic carbocycles. The van der Waals surface area contributed by atoms with Crippen LogP contribution < -0.4 is 5.73 Å². The highest BCUT2D eigenvalue weighted by molar-refractivity contribution is 5.62. The fourth-order valence-corrected chi connectivity index (χ4v) is 6.15. The second-order valence-corrected chi connectivity index (χ2v) is 11.5. The van der Waals surface area contributed by atoms with Crippen LogP contribution in [0.15, 0.2) is 35.1 Å². The third-order valence-electron chi connectivity index (χ3n) is 7.98. The molecular formula is C31H51NO8. The molecule has 1 aliphatic heterocycles. The molecule has 9 nitrogen and oxygen atoms in total. The summed E-state index contributed by atoms with van der Waals surface area (Å²) in [4.78, 5) is 12.8. The second-order valence-electron chi connectivity index (χ2n) is 11.5. The summed E-state index contributed by atoms with van der Waals surface area (Å²) in [7, 11) is 1.64. The first-order chi connectivity index (χ1) is 19.2. The van der Waals surface area contributed by atoms with E-state index in [1.165, 1.54) is 5.57 Å². The smallest absolute Gasteiger partial charge is 0.432 e. The molecule has 4 atom stereocenters. The Balaban J connectivity index is 1.54. The first-order valence-electron chi connectivity index (χ1n) is 14.8. The molecule has 4 unspecified atom stereocenters. The topological polar surface area (TPSA) is 108 Å². The Hall–Kier alpha value is -1.75. The van der Waals surface area contributed by atoms with E-state index in [1.54, 1.807) is 7.11 Å². The molecule has 3 aliphatic rings. The zero-order chi connectivity index (χ0) is 29.0. The minimum Gasteiger partial charge on any atom is -0.432 e. The number of hydrogen-bond acceptors (Lipinski definition) is 9. The molecular weight excluding hydrogens is 514 g/mol. The lowest BCUT2D eigenvalue weighted by Gasteiger charge is -2.58. The fourth-order valence-electron chi connectivity index (χ4n) is 6.15. The highest BCUT2D eigenvalue weighted by Gasteiger charge is 2.59. The number of hydrogen-bond donors (Lipinski definition) is 1. The number of unbranched alkanes of at least 4 members (excludes halogenated alkanes) is 2. The highest BCUT2D eigenvalue weighted by atomic mass is 16.7. The van der Waals surface area contributed by atoms with Gasteiger partial charge in [-0.15, -0.1) is 0 Å². The zero-order valence-corrected chi connectivity index (χ0v) is 25.2. The minimum absolute atomic E-state index is 0.0818. The van der Waals surface area contributed by atoms with Crippen LogP contribution in [-0.4, -0.2) is 83.4 Å². The average molecular weight is 566 g/mol. The summed E-state index contributed by atoms with van der Waals surface area (Å²) in [5.74, 6) is 0.311. The van der Waals surface area contributed by atoms with Gasteiger partial charge in [0.25, 0.3) is 0 Å². The number of allylic oxidation sites excluding steroid dienone is 3. The maximum Gasteiger partial charge on any atom is 0.513 e. The van der Waals surface area contributed by atoms with Gasteiger partial charge in [0.1, 0.15) is 12.4 Å². The molecule has 0 aromatic rings. The van der Waals surface area contributed by atoms with Gasteiger partial charge in [-0.25, -0.2) is 4.79 Å². The molecule has 1 saturated heterocycles. The molecule has 3 rings (SSSR count). The van der Waals surface area contributed by atoms with Crippen molar-refractivity contribution in [3.05, 3.63) is 35.1 Å². The molecule has 0 aromatic heterocycles. The monoisotopic (exact) mass is 565 g/mol. The number of rotatable bonds is 17. The molecule has 0 radical (unpaired) electrons. The van der Waals surface area contributed by atoms with Gasteiger partial charge in [0.15, 0.2) is 0 Å². The quantitative estimate of drug-likeness (QED) is 0.147. The Morgan fingerprint density at radius 1 is 1.02 bits per heavy atom. The van der Waals surface area contributed by atoms with Gasteiger partial charge >= 0.3 is 6.16 Å². The minimum atomic E-state index is -0.755. The summed E-state index contributed by atoms with van der Waals surface area (Å²) in [6.45, 7) is 11.8. The van der Waals surface area contributed by atoms with Crippen molar-refractivity contribution >= 4 is 6.16 Å². The van der Waals surface area contributed by atoms with E-state index in [2.05, 4.69) is 39.8 Å². The molecule has 0 spiro atoms. The predicted molar refractivity (Wildman–Crippen MR) is 153 cm³/mol. The average Bonchev–Trinajstić information content (AvgIpc) is 2.88. The van der Waals surface area contributed by atoms with E-state index in [0.29, 0.717) is 45.4 Å². The van der Waals surface area contributed by atoms with Crippen LogP contribution in [0.25, 0.3) is 0 Å². The zero-order valence-electron chi connectivity index (χ0n) is 25.2. The number of nitrogens with two attached hydrogens (primary N) is 1. The molecule has 1 heterocycles. The molecule has 1 fully saturated rings. The van der Waals surface area contributed by atoms with E-state index in [9.17, 15) is 4.79 Å². The van der Waals surface area contributed by atoms with Gasteiger partial charge in [-0.3, -0.25) is 0 Å². The molecule has 228 valence electrons. The summed E-state index contributed by atoms with van der Waals surface area (Å²) < 4.78 is 39.1. The van der Waals surface area contributed by atoms with Crippen molar-refractivity contribution < 1.29 is 38.0 Å². The lowest BCUT2D eigenvalue weighted by atomic mass is 9.58. The summed E-state index contributed by atoms with van der Waals surface area (Å²) in [5, 5.41) is 0. The lowest BCUT2D eigenvalue weighted by molar-refractivity contribution is -0.178. The second kappa shape index (κ2) is 16.0. The Kier molecular flexibility index (Phi) is 13.1. The van der Waals surface area contributed by atoms with Gasteiger partial charge in [-0.1, -0.05) is 37.5 Å². The fraction of sp³-hybridized carbons (Fsp3) is 0.774. The van der Waals surface area contributed by atoms with Gasteiger partial charge in [0, 0.05) is 13.0 Å². The van der Waals surface area contributed by atoms with Crippen molar-refractivity contribution in [1.82, 2.24) is 0 Å². The third kappa shape index (κ3) is 9.13. The Bertz CT molecular complexity index is 898. The van der Waals surface area contributed by atoms with Crippen LogP contribution in [0.5, 0.6) is 0 Å². The van der Waals surface area contributed by atoms with E-state index >= 15 is 0 Å². The molecule has 2 N–H and O–H groups in total. The van der Waals surface area contributed by atoms with Crippen LogP contribution in [0.2, 0.25) is 0 Å². The van der Waals surface area contributed by atoms with E-state index in [1.807, 2.05) is 6.08 Å². The number of carbonyl (C=O) groups excluding carboxylic acids is 1. The van der Waals surface area contributed by atoms with E-state index in [4.69, 9.17) is 38.9 Å². The summed E-state index contributed by atoms with van der Waals surface area (Å²) in [5.41, 5.74) is 8.51. The molecule has 0 amide bonds. The first kappa shape index (κ1) is 32.8. The lowest BCUT2D eigenvalue weighted by Crippen LogP contribution is -2.68. The predicted octanol–water partition coefficient (Wildman–Crippen LogP) is 5.09. The van der Waals surface area contributed by atoms with Gasteiger partial charge in [-0.2, -0.15) is 0 Å². The maximum atomic E-state index is 12.8. The number of fused-ring (bicyclic) bond motifs is 3. The first-order valence-corrected chi connectivity index (χ1v) is 14.8. The van der Waals surface area contributed by atoms with Crippen molar-refractivity contribution in [2.24, 2.45) is 17.6 Å². The summed E-state index contributed by atoms with van der Waals surface area (Å²) >= 11 is 0. The maximum absolute atomic E-state index is 12.8. The normalized spacial score (nSPS) is 27.1. The number of ether oxygens (including phenoxy) is 7. The third-order valence-corrected chi connectivity index (χ3v) is 7.98. The van der Waals surface area contributed by atoms with E-state index in [0.717, 1.165) is 44.1 Å². The van der Waals surface area contributed by atoms with E-state index < -0.39 is 17.3 Å². The molecule has 40 heavy (non-hydrogen) atoms. The molecule has 0 bridgehead atoms. The van der Waals surface area contributed by atoms with Gasteiger partial charge in [0.2, 0.25) is 0 Å². The van der Waals surface area contributed by atoms with Crippen molar-refractivity contribution in [1.29, 1.82) is 0 Å². The van der Waals surface area contributed by atoms with Crippen LogP contribution in [-0.2, 0) is 33.2 Å². The van der Waals surface area contributed by atoms with Gasteiger partial charge in [0.05, 0.1) is 69.4 Å². The Morgan fingerprint density at radius 3 is 2.33 bits per heavy atom. The summed E-state index contributed by atoms with van der Waals surface area (Å²) in [6.07, 6.45) is 11.5. The Morgan fingerprint density at radius 2 is 1.68 bits per heavy atom. The van der Waals surface area contributed by atoms with Crippen LogP contribution in [0.4, 0.5) is 4.79 Å². The largest absolute Gasteiger partial charge is 0.513 e. The van der Waals surface area contributed by atoms with Crippen LogP contribution in [0.3, 0.4) is 0 Å². The van der Waals surface area contributed by atoms with E-state index in [-0.39, 0.29) is 31.2 Å². The summed E-state index contributed by atoms with van der Waals surface area (Å²) in [6, 6.07) is 0. The highest BCUT2D eigenvalue weighted by Crippen LogP contribution is 2.53. The number of methoxy groups -OCH3 is 1. The molecule has 9 heteroatoms.